The van der Waals surface area contributed by atoms with Crippen molar-refractivity contribution in [3.05, 3.63) is 53.3 Å². The predicted octanol–water partition coefficient (Wildman–Crippen LogP) is 4.31. The van der Waals surface area contributed by atoms with Crippen molar-refractivity contribution in [1.29, 1.82) is 5.41 Å². The van der Waals surface area contributed by atoms with Gasteiger partial charge in [-0.25, -0.2) is 4.79 Å². The summed E-state index contributed by atoms with van der Waals surface area (Å²) in [7, 11) is 0. The molecule has 2 aliphatic rings. The number of thioether (sulfide) groups is 1. The highest BCUT2D eigenvalue weighted by molar-refractivity contribution is 8.26. The highest BCUT2D eigenvalue weighted by Crippen LogP contribution is 2.31. The second kappa shape index (κ2) is 7.75. The number of hydrazone groups is 1. The number of hydrogen-bond acceptors (Lipinski definition) is 6. The Morgan fingerprint density at radius 1 is 1.27 bits per heavy atom. The smallest absolute Gasteiger partial charge is 0.335 e. The van der Waals surface area contributed by atoms with Crippen LogP contribution in [0.4, 0.5) is 0 Å². The summed E-state index contributed by atoms with van der Waals surface area (Å²) in [6.07, 6.45) is 2.23. The number of carbonyl (C=O) groups is 2. The molecule has 0 spiro atoms. The van der Waals surface area contributed by atoms with Gasteiger partial charge in [-0.2, -0.15) is 15.1 Å². The molecule has 0 unspecified atom stereocenters. The number of hydrogen-bond donors (Lipinski definition) is 2. The Bertz CT molecular complexity index is 1140. The van der Waals surface area contributed by atoms with E-state index >= 15 is 0 Å². The first-order chi connectivity index (χ1) is 14.3. The normalized spacial score (nSPS) is 17.4. The number of amides is 1. The second-order valence-corrected chi connectivity index (χ2v) is 8.24. The van der Waals surface area contributed by atoms with Crippen molar-refractivity contribution in [3.63, 3.8) is 0 Å². The SMILES string of the molecule is CC(C)CC1=NN2C(=N)/C(=C\c3ccc(-c4ccc(C(=O)O)cc4)o3)C(=O)N=C2S1. The van der Waals surface area contributed by atoms with Crippen LogP contribution in [0, 0.1) is 11.3 Å². The quantitative estimate of drug-likeness (QED) is 0.693. The predicted molar refractivity (Wildman–Crippen MR) is 116 cm³/mol. The molecule has 4 rings (SSSR count). The van der Waals surface area contributed by atoms with Crippen molar-refractivity contribution < 1.29 is 19.1 Å². The molecule has 1 amide bonds. The van der Waals surface area contributed by atoms with Gasteiger partial charge < -0.3 is 9.52 Å². The van der Waals surface area contributed by atoms with E-state index < -0.39 is 11.9 Å². The molecule has 30 heavy (non-hydrogen) atoms. The number of carbonyl (C=O) groups excluding carboxylic acids is 1. The zero-order valence-electron chi connectivity index (χ0n) is 16.2. The lowest BCUT2D eigenvalue weighted by Crippen LogP contribution is -2.35. The largest absolute Gasteiger partial charge is 0.478 e. The lowest BCUT2D eigenvalue weighted by Gasteiger charge is -2.19. The van der Waals surface area contributed by atoms with Gasteiger partial charge in [0, 0.05) is 12.0 Å². The highest BCUT2D eigenvalue weighted by atomic mass is 32.2. The molecular weight excluding hydrogens is 404 g/mol. The molecule has 1 aromatic carbocycles. The summed E-state index contributed by atoms with van der Waals surface area (Å²) in [5.74, 6) is -0.239. The zero-order chi connectivity index (χ0) is 21.4. The molecule has 0 atom stereocenters. The number of fused-ring (bicyclic) bond motifs is 1. The molecule has 2 N–H and O–H groups in total. The summed E-state index contributed by atoms with van der Waals surface area (Å²) in [5.41, 5.74) is 0.980. The van der Waals surface area contributed by atoms with Crippen LogP contribution >= 0.6 is 11.8 Å². The third kappa shape index (κ3) is 3.84. The molecule has 2 aliphatic heterocycles. The van der Waals surface area contributed by atoms with E-state index in [9.17, 15) is 9.59 Å². The van der Waals surface area contributed by atoms with E-state index in [1.54, 1.807) is 24.3 Å². The molecule has 8 nitrogen and oxygen atoms in total. The van der Waals surface area contributed by atoms with Crippen molar-refractivity contribution >= 4 is 45.8 Å². The molecule has 0 radical (unpaired) electrons. The Hall–Kier alpha value is -3.46. The molecule has 0 saturated carbocycles. The van der Waals surface area contributed by atoms with Crippen LogP contribution in [0.3, 0.4) is 0 Å². The van der Waals surface area contributed by atoms with Gasteiger partial charge in [-0.05, 0) is 48.0 Å². The molecular formula is C21H18N4O4S. The van der Waals surface area contributed by atoms with E-state index in [-0.39, 0.29) is 17.0 Å². The molecule has 3 heterocycles. The fourth-order valence-corrected chi connectivity index (χ4v) is 4.07. The standard InChI is InChI=1S/C21H18N4O4S/c1-11(2)9-17-24-25-18(22)15(19(26)23-21(25)30-17)10-14-7-8-16(29-14)12-3-5-13(6-4-12)20(27)28/h3-8,10-11,22H,9H2,1-2H3,(H,27,28)/b15-10+,22-18?. The van der Waals surface area contributed by atoms with Crippen LogP contribution in [-0.4, -0.2) is 38.0 Å². The third-order valence-electron chi connectivity index (χ3n) is 4.41. The summed E-state index contributed by atoms with van der Waals surface area (Å²) in [4.78, 5) is 27.5. The number of aromatic carboxylic acids is 1. The Morgan fingerprint density at radius 3 is 2.67 bits per heavy atom. The van der Waals surface area contributed by atoms with Gasteiger partial charge >= 0.3 is 5.97 Å². The van der Waals surface area contributed by atoms with Gasteiger partial charge in [0.1, 0.15) is 16.6 Å². The first-order valence-corrected chi connectivity index (χ1v) is 10.1. The number of carboxylic acid groups (broad SMARTS) is 1. The average molecular weight is 422 g/mol. The topological polar surface area (TPSA) is 119 Å². The Morgan fingerprint density at radius 2 is 2.00 bits per heavy atom. The third-order valence-corrected chi connectivity index (χ3v) is 5.34. The number of benzene rings is 1. The van der Waals surface area contributed by atoms with Gasteiger partial charge in [0.25, 0.3) is 5.91 Å². The number of furan rings is 1. The first kappa shape index (κ1) is 19.8. The van der Waals surface area contributed by atoms with Gasteiger partial charge in [0.15, 0.2) is 5.84 Å². The van der Waals surface area contributed by atoms with E-state index in [4.69, 9.17) is 14.9 Å². The molecule has 2 aromatic rings. The monoisotopic (exact) mass is 422 g/mol. The minimum Gasteiger partial charge on any atom is -0.478 e. The minimum absolute atomic E-state index is 0.0417. The van der Waals surface area contributed by atoms with Crippen molar-refractivity contribution in [1.82, 2.24) is 5.01 Å². The van der Waals surface area contributed by atoms with E-state index in [1.165, 1.54) is 35.0 Å². The summed E-state index contributed by atoms with van der Waals surface area (Å²) >= 11 is 1.32. The van der Waals surface area contributed by atoms with E-state index in [2.05, 4.69) is 23.9 Å². The molecule has 0 bridgehead atoms. The van der Waals surface area contributed by atoms with Crippen LogP contribution in [-0.2, 0) is 4.79 Å². The zero-order valence-corrected chi connectivity index (χ0v) is 17.1. The lowest BCUT2D eigenvalue weighted by molar-refractivity contribution is -0.114. The van der Waals surface area contributed by atoms with Crippen LogP contribution < -0.4 is 0 Å². The van der Waals surface area contributed by atoms with E-state index in [0.717, 1.165) is 11.5 Å². The van der Waals surface area contributed by atoms with Crippen molar-refractivity contribution in [3.8, 4) is 11.3 Å². The number of aliphatic imine (C=N–C) groups is 1. The van der Waals surface area contributed by atoms with Gasteiger partial charge in [-0.3, -0.25) is 10.2 Å². The maximum Gasteiger partial charge on any atom is 0.335 e. The van der Waals surface area contributed by atoms with Crippen LogP contribution in [0.25, 0.3) is 17.4 Å². The summed E-state index contributed by atoms with van der Waals surface area (Å²) in [5, 5.41) is 24.4. The van der Waals surface area contributed by atoms with Crippen molar-refractivity contribution in [2.45, 2.75) is 20.3 Å². The van der Waals surface area contributed by atoms with E-state index in [1.807, 2.05) is 0 Å². The summed E-state index contributed by atoms with van der Waals surface area (Å²) in [6.45, 7) is 4.15. The fourth-order valence-electron chi connectivity index (χ4n) is 2.97. The highest BCUT2D eigenvalue weighted by Gasteiger charge is 2.35. The number of amidine groups is 2. The Balaban J connectivity index is 1.58. The second-order valence-electron chi connectivity index (χ2n) is 7.20. The molecule has 152 valence electrons. The molecule has 9 heteroatoms. The Kier molecular flexibility index (Phi) is 5.13. The maximum atomic E-state index is 12.5. The van der Waals surface area contributed by atoms with Crippen LogP contribution in [0.2, 0.25) is 0 Å². The minimum atomic E-state index is -1.00. The number of nitrogens with zero attached hydrogens (tertiary/aromatic N) is 3. The van der Waals surface area contributed by atoms with Gasteiger partial charge in [-0.1, -0.05) is 26.0 Å². The van der Waals surface area contributed by atoms with Crippen molar-refractivity contribution in [2.24, 2.45) is 16.0 Å². The van der Waals surface area contributed by atoms with Crippen LogP contribution in [0.5, 0.6) is 0 Å². The van der Waals surface area contributed by atoms with E-state index in [0.29, 0.717) is 28.2 Å². The summed E-state index contributed by atoms with van der Waals surface area (Å²) in [6, 6.07) is 9.68. The van der Waals surface area contributed by atoms with Crippen LogP contribution in [0.1, 0.15) is 36.4 Å². The maximum absolute atomic E-state index is 12.5. The molecule has 1 aromatic heterocycles. The lowest BCUT2D eigenvalue weighted by atomic mass is 10.1. The number of nitrogens with one attached hydrogen (secondary N) is 1. The number of carboxylic acids is 1. The summed E-state index contributed by atoms with van der Waals surface area (Å²) < 4.78 is 5.77. The van der Waals surface area contributed by atoms with Crippen LogP contribution in [0.15, 0.2) is 56.5 Å². The van der Waals surface area contributed by atoms with Crippen molar-refractivity contribution in [2.75, 3.05) is 0 Å². The first-order valence-electron chi connectivity index (χ1n) is 9.24. The van der Waals surface area contributed by atoms with Gasteiger partial charge in [-0.15, -0.1) is 0 Å². The fraction of sp³-hybridized carbons (Fsp3) is 0.190. The molecule has 0 aliphatic carbocycles. The van der Waals surface area contributed by atoms with Gasteiger partial charge in [0.2, 0.25) is 5.17 Å². The number of rotatable bonds is 5. The Labute approximate surface area is 176 Å². The average Bonchev–Trinajstić information content (AvgIpc) is 3.31. The van der Waals surface area contributed by atoms with Gasteiger partial charge in [0.05, 0.1) is 11.1 Å². The molecule has 0 saturated heterocycles. The molecule has 0 fully saturated rings.